The Balaban J connectivity index is 4.23. The van der Waals surface area contributed by atoms with Crippen LogP contribution >= 0.6 is 109 Å². The number of hydrogen-bond donors (Lipinski definition) is 0. The van der Waals surface area contributed by atoms with Gasteiger partial charge < -0.3 is 4.23 Å². The van der Waals surface area contributed by atoms with E-state index in [0.717, 1.165) is 0 Å². The Kier molecular flexibility index (Phi) is 7.33. The maximum Gasteiger partial charge on any atom is 0.323 e. The molecule has 0 bridgehead atoms. The smallest absolute Gasteiger partial charge is 0.309 e. The summed E-state index contributed by atoms with van der Waals surface area (Å²) in [5, 5.41) is 0. The minimum absolute atomic E-state index is 1.08. The topological polar surface area (TPSA) is 3.24 Å². The van der Waals surface area contributed by atoms with E-state index in [1.54, 1.807) is 0 Å². The SMILES string of the molecule is CN([Si](C)(I)I)[Si](I)(I)I. The molecule has 0 aliphatic rings. The molecule has 10 heavy (non-hydrogen) atoms. The first-order valence-corrected chi connectivity index (χ1v) is 22.3. The third-order valence-electron chi connectivity index (χ3n) is 0.969. The van der Waals surface area contributed by atoms with E-state index in [-0.39, 0.29) is 0 Å². The van der Waals surface area contributed by atoms with E-state index in [2.05, 4.69) is 127 Å². The van der Waals surface area contributed by atoms with Crippen LogP contribution in [0.2, 0.25) is 6.55 Å². The van der Waals surface area contributed by atoms with Gasteiger partial charge in [-0.3, -0.25) is 0 Å². The molecule has 0 aromatic carbocycles. The van der Waals surface area contributed by atoms with Gasteiger partial charge in [-0.2, -0.15) is 0 Å². The predicted molar refractivity (Wildman–Crippen MR) is 95.2 cm³/mol. The molecule has 0 aliphatic heterocycles. The summed E-state index contributed by atoms with van der Waals surface area (Å²) in [5.41, 5.74) is 0. The second kappa shape index (κ2) is 5.22. The van der Waals surface area contributed by atoms with Crippen LogP contribution in [0.15, 0.2) is 0 Å². The summed E-state index contributed by atoms with van der Waals surface area (Å²) in [6.07, 6.45) is 0. The van der Waals surface area contributed by atoms with Gasteiger partial charge in [0.25, 0.3) is 3.23 Å². The van der Waals surface area contributed by atoms with Crippen molar-refractivity contribution >= 4 is 113 Å². The highest BCUT2D eigenvalue weighted by atomic mass is 127. The molecule has 8 heteroatoms. The number of hydrogen-bond acceptors (Lipinski definition) is 1. The molecule has 0 amide bonds. The zero-order chi connectivity index (χ0) is 8.58. The molecular formula is C2H6I5NSi2. The third-order valence-corrected chi connectivity index (χ3v) is 22.9. The summed E-state index contributed by atoms with van der Waals surface area (Å²) in [5.74, 6) is 0. The quantitative estimate of drug-likeness (QED) is 0.235. The maximum atomic E-state index is 2.60. The van der Waals surface area contributed by atoms with Crippen molar-refractivity contribution in [1.29, 1.82) is 0 Å². The standard InChI is InChI=1S/C2H6I5NSi2/c1-8(9(2,3)4)10(5,6)7/h1-2H3. The van der Waals surface area contributed by atoms with Gasteiger partial charge >= 0.3 is 0.725 Å². The molecule has 0 atom stereocenters. The largest absolute Gasteiger partial charge is 0.323 e. The molecule has 0 saturated carbocycles. The molecule has 0 aromatic heterocycles. The van der Waals surface area contributed by atoms with Crippen LogP contribution in [0.3, 0.4) is 0 Å². The Morgan fingerprint density at radius 3 is 1.30 bits per heavy atom. The summed E-state index contributed by atoms with van der Waals surface area (Å²) >= 11 is 13.0. The highest BCUT2D eigenvalue weighted by molar-refractivity contribution is 14.4. The van der Waals surface area contributed by atoms with Crippen LogP contribution in [-0.4, -0.2) is 15.2 Å². The predicted octanol–water partition coefficient (Wildman–Crippen LogP) is 4.10. The minimum Gasteiger partial charge on any atom is -0.309 e. The van der Waals surface area contributed by atoms with Crippen LogP contribution in [0.4, 0.5) is 0 Å². The lowest BCUT2D eigenvalue weighted by molar-refractivity contribution is 0.859. The van der Waals surface area contributed by atoms with Gasteiger partial charge in [-0.1, -0.05) is 109 Å². The Hall–Kier alpha value is 4.04. The Labute approximate surface area is 127 Å². The van der Waals surface area contributed by atoms with Crippen LogP contribution in [0.25, 0.3) is 0 Å². The van der Waals surface area contributed by atoms with Gasteiger partial charge in [-0.05, 0) is 13.6 Å². The van der Waals surface area contributed by atoms with E-state index in [0.29, 0.717) is 0 Å². The molecular weight excluding hydrogens is 729 g/mol. The molecule has 0 heterocycles. The van der Waals surface area contributed by atoms with Gasteiger partial charge in [-0.25, -0.2) is 0 Å². The van der Waals surface area contributed by atoms with Crippen LogP contribution in [0, 0.1) is 0 Å². The van der Waals surface area contributed by atoms with Crippen molar-refractivity contribution in [2.24, 2.45) is 0 Å². The summed E-state index contributed by atoms with van der Waals surface area (Å²) in [4.78, 5) is 0. The zero-order valence-corrected chi connectivity index (χ0v) is 18.1. The molecule has 0 aliphatic carbocycles. The Morgan fingerprint density at radius 1 is 1.00 bits per heavy atom. The van der Waals surface area contributed by atoms with E-state index in [1.807, 2.05) is 0 Å². The lowest BCUT2D eigenvalue weighted by atomic mass is 11.6. The van der Waals surface area contributed by atoms with E-state index in [1.165, 1.54) is 0 Å². The van der Waals surface area contributed by atoms with Gasteiger partial charge in [0.15, 0.2) is 0 Å². The van der Waals surface area contributed by atoms with Gasteiger partial charge in [0.2, 0.25) is 0 Å². The van der Waals surface area contributed by atoms with Crippen LogP contribution in [0.1, 0.15) is 0 Å². The molecule has 0 unspecified atom stereocenters. The first kappa shape index (κ1) is 14.0. The van der Waals surface area contributed by atoms with E-state index < -0.39 is 3.95 Å². The number of halogens is 5. The molecule has 62 valence electrons. The molecule has 0 fully saturated rings. The third kappa shape index (κ3) is 5.71. The van der Waals surface area contributed by atoms with Gasteiger partial charge in [-0.15, -0.1) is 0 Å². The van der Waals surface area contributed by atoms with E-state index in [9.17, 15) is 0 Å². The normalized spacial score (nSPS) is 14.4. The molecule has 0 rings (SSSR count). The monoisotopic (exact) mass is 735 g/mol. The highest BCUT2D eigenvalue weighted by Gasteiger charge is 2.39. The van der Waals surface area contributed by atoms with Crippen molar-refractivity contribution in [3.8, 4) is 0 Å². The lowest BCUT2D eigenvalue weighted by Gasteiger charge is -2.32. The maximum absolute atomic E-state index is 2.60. The fourth-order valence-electron chi connectivity index (χ4n) is 0.223. The van der Waals surface area contributed by atoms with Gasteiger partial charge in [0.05, 0.1) is 0 Å². The Bertz CT molecular complexity index is 102. The molecule has 0 radical (unpaired) electrons. The molecule has 0 aromatic rings. The molecule has 0 saturated heterocycles. The van der Waals surface area contributed by atoms with Crippen molar-refractivity contribution < 1.29 is 0 Å². The summed E-state index contributed by atoms with van der Waals surface area (Å²) in [6, 6.07) is 0. The van der Waals surface area contributed by atoms with Crippen LogP contribution in [-0.2, 0) is 0 Å². The van der Waals surface area contributed by atoms with E-state index >= 15 is 0 Å². The first-order valence-electron chi connectivity index (χ1n) is 2.34. The molecule has 0 N–H and O–H groups in total. The Morgan fingerprint density at radius 2 is 1.30 bits per heavy atom. The second-order valence-electron chi connectivity index (χ2n) is 1.87. The fraction of sp³-hybridized carbons (Fsp3) is 1.00. The zero-order valence-electron chi connectivity index (χ0n) is 5.34. The van der Waals surface area contributed by atoms with Crippen LogP contribution < -0.4 is 0 Å². The first-order chi connectivity index (χ1) is 4.15. The van der Waals surface area contributed by atoms with Crippen molar-refractivity contribution in [3.63, 3.8) is 0 Å². The minimum atomic E-state index is -1.11. The summed E-state index contributed by atoms with van der Waals surface area (Å²) in [6.45, 7) is 2.37. The van der Waals surface area contributed by atoms with Crippen molar-refractivity contribution in [2.45, 2.75) is 6.55 Å². The van der Waals surface area contributed by atoms with Crippen molar-refractivity contribution in [3.05, 3.63) is 0 Å². The number of nitrogens with zero attached hydrogens (tertiary/aromatic N) is 1. The summed E-state index contributed by atoms with van der Waals surface area (Å²) in [7, 11) is 2.25. The van der Waals surface area contributed by atoms with E-state index in [4.69, 9.17) is 0 Å². The van der Waals surface area contributed by atoms with Crippen LogP contribution in [0.5, 0.6) is 0 Å². The highest BCUT2D eigenvalue weighted by Crippen LogP contribution is 2.39. The summed E-state index contributed by atoms with van der Waals surface area (Å²) < 4.78 is 0.397. The number of rotatable bonds is 2. The average Bonchev–Trinajstić information content (AvgIpc) is 1.59. The molecule has 1 nitrogen and oxygen atoms in total. The van der Waals surface area contributed by atoms with Crippen molar-refractivity contribution in [2.75, 3.05) is 7.05 Å². The average molecular weight is 735 g/mol. The molecule has 0 spiro atoms. The van der Waals surface area contributed by atoms with Gasteiger partial charge in [0, 0.05) is 0 Å². The second-order valence-corrected chi connectivity index (χ2v) is 57.7. The lowest BCUT2D eigenvalue weighted by Crippen LogP contribution is -2.47. The van der Waals surface area contributed by atoms with Crippen molar-refractivity contribution in [1.82, 2.24) is 4.23 Å². The fourth-order valence-corrected chi connectivity index (χ4v) is 46.5. The van der Waals surface area contributed by atoms with Gasteiger partial charge in [0.1, 0.15) is 0 Å².